The van der Waals surface area contributed by atoms with Gasteiger partial charge >= 0.3 is 0 Å². The number of carbonyl (C=O) groups excluding carboxylic acids is 1. The van der Waals surface area contributed by atoms with Gasteiger partial charge in [0, 0.05) is 12.6 Å². The Labute approximate surface area is 113 Å². The molecule has 1 aliphatic carbocycles. The first-order valence-electron chi connectivity index (χ1n) is 6.89. The van der Waals surface area contributed by atoms with Crippen LogP contribution in [0.2, 0.25) is 0 Å². The fourth-order valence-corrected chi connectivity index (χ4v) is 2.80. The number of hydrogen-bond acceptors (Lipinski definition) is 2. The average molecular weight is 264 g/mol. The van der Waals surface area contributed by atoms with Crippen LogP contribution in [0.3, 0.4) is 0 Å². The summed E-state index contributed by atoms with van der Waals surface area (Å²) in [7, 11) is 0. The Bertz CT molecular complexity index is 455. The molecule has 1 saturated carbocycles. The van der Waals surface area contributed by atoms with Gasteiger partial charge in [0.1, 0.15) is 5.82 Å². The van der Waals surface area contributed by atoms with E-state index in [9.17, 15) is 9.18 Å². The van der Waals surface area contributed by atoms with E-state index in [0.717, 1.165) is 12.8 Å². The first-order valence-corrected chi connectivity index (χ1v) is 6.89. The zero-order valence-corrected chi connectivity index (χ0v) is 11.3. The number of nitrogens with one attached hydrogen (secondary N) is 1. The molecule has 0 bridgehead atoms. The van der Waals surface area contributed by atoms with E-state index in [1.54, 1.807) is 19.1 Å². The number of aryl methyl sites for hydroxylation is 1. The van der Waals surface area contributed by atoms with Crippen molar-refractivity contribution in [3.8, 4) is 0 Å². The maximum Gasteiger partial charge on any atom is 0.254 e. The summed E-state index contributed by atoms with van der Waals surface area (Å²) in [6, 6.07) is 4.82. The molecular formula is C15H21FN2O. The van der Waals surface area contributed by atoms with Crippen molar-refractivity contribution >= 4 is 5.91 Å². The summed E-state index contributed by atoms with van der Waals surface area (Å²) in [5.74, 6) is -0.368. The maximum atomic E-state index is 13.9. The van der Waals surface area contributed by atoms with E-state index in [1.807, 2.05) is 0 Å². The van der Waals surface area contributed by atoms with Crippen LogP contribution in [0.1, 0.15) is 41.6 Å². The SMILES string of the molecule is Cc1cccc(C(=O)NC(CN)C2CCCC2)c1F. The van der Waals surface area contributed by atoms with Gasteiger partial charge in [-0.05, 0) is 37.3 Å². The van der Waals surface area contributed by atoms with Gasteiger partial charge in [-0.1, -0.05) is 25.0 Å². The molecule has 0 radical (unpaired) electrons. The summed E-state index contributed by atoms with van der Waals surface area (Å²) < 4.78 is 13.9. The molecule has 2 rings (SSSR count). The quantitative estimate of drug-likeness (QED) is 0.877. The van der Waals surface area contributed by atoms with E-state index in [0.29, 0.717) is 18.0 Å². The Morgan fingerprint density at radius 1 is 1.47 bits per heavy atom. The number of nitrogens with two attached hydrogens (primary N) is 1. The minimum absolute atomic E-state index is 0.0464. The molecule has 1 unspecified atom stereocenters. The highest BCUT2D eigenvalue weighted by molar-refractivity contribution is 5.94. The van der Waals surface area contributed by atoms with Gasteiger partial charge in [0.05, 0.1) is 5.56 Å². The molecule has 3 nitrogen and oxygen atoms in total. The normalized spacial score (nSPS) is 17.4. The van der Waals surface area contributed by atoms with Crippen LogP contribution in [0.25, 0.3) is 0 Å². The number of benzene rings is 1. The Morgan fingerprint density at radius 2 is 2.16 bits per heavy atom. The highest BCUT2D eigenvalue weighted by Crippen LogP contribution is 2.27. The van der Waals surface area contributed by atoms with Crippen LogP contribution in [-0.2, 0) is 0 Å². The molecule has 1 atom stereocenters. The molecule has 0 saturated heterocycles. The number of rotatable bonds is 4. The third-order valence-corrected chi connectivity index (χ3v) is 3.98. The van der Waals surface area contributed by atoms with Crippen molar-refractivity contribution in [1.29, 1.82) is 0 Å². The summed E-state index contributed by atoms with van der Waals surface area (Å²) in [6.45, 7) is 2.06. The van der Waals surface area contributed by atoms with E-state index in [1.165, 1.54) is 18.9 Å². The predicted octanol–water partition coefficient (Wildman–Crippen LogP) is 2.38. The van der Waals surface area contributed by atoms with E-state index in [-0.39, 0.29) is 17.5 Å². The van der Waals surface area contributed by atoms with Gasteiger partial charge in [0.15, 0.2) is 0 Å². The summed E-state index contributed by atoms with van der Waals surface area (Å²) in [4.78, 5) is 12.1. The molecule has 3 N–H and O–H groups in total. The van der Waals surface area contributed by atoms with Crippen molar-refractivity contribution < 1.29 is 9.18 Å². The van der Waals surface area contributed by atoms with Gasteiger partial charge in [-0.25, -0.2) is 4.39 Å². The van der Waals surface area contributed by atoms with Crippen LogP contribution in [0.15, 0.2) is 18.2 Å². The molecule has 1 aromatic rings. The lowest BCUT2D eigenvalue weighted by atomic mass is 9.97. The monoisotopic (exact) mass is 264 g/mol. The smallest absolute Gasteiger partial charge is 0.254 e. The van der Waals surface area contributed by atoms with Gasteiger partial charge in [0.25, 0.3) is 5.91 Å². The molecule has 1 aliphatic rings. The standard InChI is InChI=1S/C15H21FN2O/c1-10-5-4-8-12(14(10)16)15(19)18-13(9-17)11-6-2-3-7-11/h4-5,8,11,13H,2-3,6-7,9,17H2,1H3,(H,18,19). The van der Waals surface area contributed by atoms with Crippen LogP contribution in [0.4, 0.5) is 4.39 Å². The Hall–Kier alpha value is -1.42. The van der Waals surface area contributed by atoms with Crippen LogP contribution in [-0.4, -0.2) is 18.5 Å². The minimum atomic E-state index is -0.442. The largest absolute Gasteiger partial charge is 0.348 e. The number of hydrogen-bond donors (Lipinski definition) is 2. The van der Waals surface area contributed by atoms with Gasteiger partial charge in [-0.2, -0.15) is 0 Å². The second kappa shape index (κ2) is 6.15. The van der Waals surface area contributed by atoms with Crippen molar-refractivity contribution in [3.05, 3.63) is 35.1 Å². The first-order chi connectivity index (χ1) is 9.13. The molecule has 0 spiro atoms. The first kappa shape index (κ1) is 14.0. The second-order valence-corrected chi connectivity index (χ2v) is 5.30. The minimum Gasteiger partial charge on any atom is -0.348 e. The lowest BCUT2D eigenvalue weighted by molar-refractivity contribution is 0.0920. The van der Waals surface area contributed by atoms with Crippen LogP contribution >= 0.6 is 0 Å². The maximum absolute atomic E-state index is 13.9. The zero-order chi connectivity index (χ0) is 13.8. The fraction of sp³-hybridized carbons (Fsp3) is 0.533. The molecular weight excluding hydrogens is 243 g/mol. The van der Waals surface area contributed by atoms with Crippen molar-refractivity contribution in [3.63, 3.8) is 0 Å². The van der Waals surface area contributed by atoms with Crippen molar-refractivity contribution in [2.45, 2.75) is 38.6 Å². The van der Waals surface area contributed by atoms with Crippen molar-refractivity contribution in [2.75, 3.05) is 6.54 Å². The van der Waals surface area contributed by atoms with Crippen LogP contribution < -0.4 is 11.1 Å². The highest BCUT2D eigenvalue weighted by Gasteiger charge is 2.26. The Balaban J connectivity index is 2.08. The molecule has 104 valence electrons. The molecule has 1 amide bonds. The lowest BCUT2D eigenvalue weighted by Crippen LogP contribution is -2.44. The zero-order valence-electron chi connectivity index (χ0n) is 11.3. The average Bonchev–Trinajstić information content (AvgIpc) is 2.92. The van der Waals surface area contributed by atoms with Crippen LogP contribution in [0, 0.1) is 18.7 Å². The third kappa shape index (κ3) is 3.13. The highest BCUT2D eigenvalue weighted by atomic mass is 19.1. The summed E-state index contributed by atoms with van der Waals surface area (Å²) in [5.41, 5.74) is 6.33. The fourth-order valence-electron chi connectivity index (χ4n) is 2.80. The lowest BCUT2D eigenvalue weighted by Gasteiger charge is -2.23. The molecule has 0 aliphatic heterocycles. The number of amides is 1. The molecule has 4 heteroatoms. The molecule has 1 aromatic carbocycles. The van der Waals surface area contributed by atoms with Crippen molar-refractivity contribution in [2.24, 2.45) is 11.7 Å². The van der Waals surface area contributed by atoms with Gasteiger partial charge < -0.3 is 11.1 Å². The van der Waals surface area contributed by atoms with E-state index in [2.05, 4.69) is 5.32 Å². The Morgan fingerprint density at radius 3 is 2.79 bits per heavy atom. The van der Waals surface area contributed by atoms with E-state index < -0.39 is 5.82 Å². The molecule has 0 aromatic heterocycles. The number of halogens is 1. The summed E-state index contributed by atoms with van der Waals surface area (Å²) >= 11 is 0. The molecule has 1 fully saturated rings. The molecule has 0 heterocycles. The van der Waals surface area contributed by atoms with E-state index >= 15 is 0 Å². The van der Waals surface area contributed by atoms with Gasteiger partial charge in [-0.15, -0.1) is 0 Å². The van der Waals surface area contributed by atoms with Gasteiger partial charge in [-0.3, -0.25) is 4.79 Å². The summed E-state index contributed by atoms with van der Waals surface area (Å²) in [6.07, 6.45) is 4.57. The third-order valence-electron chi connectivity index (χ3n) is 3.98. The van der Waals surface area contributed by atoms with Crippen LogP contribution in [0.5, 0.6) is 0 Å². The molecule has 19 heavy (non-hydrogen) atoms. The van der Waals surface area contributed by atoms with Gasteiger partial charge in [0.2, 0.25) is 0 Å². The van der Waals surface area contributed by atoms with E-state index in [4.69, 9.17) is 5.73 Å². The predicted molar refractivity (Wildman–Crippen MR) is 73.4 cm³/mol. The van der Waals surface area contributed by atoms with Crippen molar-refractivity contribution in [1.82, 2.24) is 5.32 Å². The number of carbonyl (C=O) groups is 1. The topological polar surface area (TPSA) is 55.1 Å². The summed E-state index contributed by atoms with van der Waals surface area (Å²) in [5, 5.41) is 2.89. The second-order valence-electron chi connectivity index (χ2n) is 5.30. The Kier molecular flexibility index (Phi) is 4.53.